The first-order valence-electron chi connectivity index (χ1n) is 4.92. The second kappa shape index (κ2) is 5.46. The first-order chi connectivity index (χ1) is 9.00. The number of halogens is 4. The molecule has 2 rings (SSSR count). The lowest BCUT2D eigenvalue weighted by Crippen LogP contribution is -2.15. The summed E-state index contributed by atoms with van der Waals surface area (Å²) in [6.45, 7) is 0. The number of rotatable bonds is 2. The minimum absolute atomic E-state index is 0.0699. The second-order valence-corrected chi connectivity index (χ2v) is 4.10. The summed E-state index contributed by atoms with van der Waals surface area (Å²) in [5.74, 6) is -3.30. The number of carbonyl (C=O) groups is 1. The van der Waals surface area contributed by atoms with E-state index in [1.807, 2.05) is 0 Å². The Balaban J connectivity index is 2.34. The SMILES string of the molecule is O=C(Nc1c(Cl)ncnc1Cl)c1cccc(F)c1F. The maximum atomic E-state index is 13.4. The molecule has 0 fully saturated rings. The second-order valence-electron chi connectivity index (χ2n) is 3.39. The fourth-order valence-electron chi connectivity index (χ4n) is 1.31. The number of carbonyl (C=O) groups excluding carboxylic acids is 1. The van der Waals surface area contributed by atoms with E-state index in [2.05, 4.69) is 15.3 Å². The van der Waals surface area contributed by atoms with Crippen LogP contribution in [-0.2, 0) is 0 Å². The molecule has 0 spiro atoms. The molecule has 1 aromatic carbocycles. The van der Waals surface area contributed by atoms with Crippen LogP contribution in [0.2, 0.25) is 10.3 Å². The smallest absolute Gasteiger partial charge is 0.258 e. The van der Waals surface area contributed by atoms with Crippen LogP contribution in [0.3, 0.4) is 0 Å². The van der Waals surface area contributed by atoms with Crippen LogP contribution in [0.5, 0.6) is 0 Å². The van der Waals surface area contributed by atoms with E-state index >= 15 is 0 Å². The molecule has 0 atom stereocenters. The van der Waals surface area contributed by atoms with Gasteiger partial charge in [0.15, 0.2) is 21.9 Å². The average molecular weight is 304 g/mol. The summed E-state index contributed by atoms with van der Waals surface area (Å²) in [5, 5.41) is 2.02. The number of nitrogens with zero attached hydrogens (tertiary/aromatic N) is 2. The molecular weight excluding hydrogens is 299 g/mol. The van der Waals surface area contributed by atoms with Crippen molar-refractivity contribution < 1.29 is 13.6 Å². The molecule has 1 amide bonds. The number of aromatic nitrogens is 2. The van der Waals surface area contributed by atoms with Gasteiger partial charge < -0.3 is 5.32 Å². The maximum Gasteiger partial charge on any atom is 0.258 e. The quantitative estimate of drug-likeness (QED) is 0.866. The van der Waals surface area contributed by atoms with Gasteiger partial charge >= 0.3 is 0 Å². The molecule has 0 bridgehead atoms. The molecular formula is C11H5Cl2F2N3O. The standard InChI is InChI=1S/C11H5Cl2F2N3O/c12-9-8(10(13)17-4-16-9)18-11(19)5-2-1-3-6(14)7(5)15/h1-4H,(H,18,19). The highest BCUT2D eigenvalue weighted by Crippen LogP contribution is 2.26. The van der Waals surface area contributed by atoms with Gasteiger partial charge in [-0.15, -0.1) is 0 Å². The van der Waals surface area contributed by atoms with E-state index in [0.29, 0.717) is 0 Å². The Kier molecular flexibility index (Phi) is 3.92. The molecule has 0 aliphatic carbocycles. The van der Waals surface area contributed by atoms with Gasteiger partial charge in [-0.25, -0.2) is 18.7 Å². The lowest BCUT2D eigenvalue weighted by molar-refractivity contribution is 0.102. The van der Waals surface area contributed by atoms with Gasteiger partial charge in [-0.2, -0.15) is 0 Å². The third kappa shape index (κ3) is 2.80. The van der Waals surface area contributed by atoms with Crippen molar-refractivity contribution in [1.29, 1.82) is 0 Å². The Morgan fingerprint density at radius 3 is 2.42 bits per heavy atom. The molecule has 8 heteroatoms. The predicted octanol–water partition coefficient (Wildman–Crippen LogP) is 3.31. The summed E-state index contributed by atoms with van der Waals surface area (Å²) in [4.78, 5) is 19.0. The molecule has 0 saturated carbocycles. The summed E-state index contributed by atoms with van der Waals surface area (Å²) in [6, 6.07) is 3.23. The minimum atomic E-state index is -1.26. The van der Waals surface area contributed by atoms with E-state index in [4.69, 9.17) is 23.2 Å². The molecule has 0 saturated heterocycles. The van der Waals surface area contributed by atoms with Crippen LogP contribution >= 0.6 is 23.2 Å². The zero-order valence-electron chi connectivity index (χ0n) is 9.12. The molecule has 1 heterocycles. The summed E-state index contributed by atoms with van der Waals surface area (Å²) < 4.78 is 26.4. The van der Waals surface area contributed by atoms with Gasteiger partial charge in [0.2, 0.25) is 0 Å². The van der Waals surface area contributed by atoms with Crippen molar-refractivity contribution in [2.75, 3.05) is 5.32 Å². The molecule has 0 aliphatic heterocycles. The lowest BCUT2D eigenvalue weighted by Gasteiger charge is -2.08. The Morgan fingerprint density at radius 2 is 1.79 bits per heavy atom. The summed E-state index contributed by atoms with van der Waals surface area (Å²) >= 11 is 11.4. The van der Waals surface area contributed by atoms with Gasteiger partial charge in [-0.05, 0) is 12.1 Å². The van der Waals surface area contributed by atoms with E-state index in [1.165, 1.54) is 6.07 Å². The number of nitrogens with one attached hydrogen (secondary N) is 1. The van der Waals surface area contributed by atoms with Gasteiger partial charge in [0.05, 0.1) is 5.56 Å². The Hall–Kier alpha value is -1.79. The van der Waals surface area contributed by atoms with Gasteiger partial charge in [-0.3, -0.25) is 4.79 Å². The Bertz CT molecular complexity index is 632. The molecule has 1 aromatic heterocycles. The highest BCUT2D eigenvalue weighted by Gasteiger charge is 2.18. The highest BCUT2D eigenvalue weighted by molar-refractivity contribution is 6.38. The van der Waals surface area contributed by atoms with Gasteiger partial charge in [0, 0.05) is 0 Å². The van der Waals surface area contributed by atoms with Crippen molar-refractivity contribution >= 4 is 34.8 Å². The normalized spacial score (nSPS) is 10.3. The molecule has 0 aliphatic rings. The fraction of sp³-hybridized carbons (Fsp3) is 0. The molecule has 4 nitrogen and oxygen atoms in total. The van der Waals surface area contributed by atoms with Crippen molar-refractivity contribution in [2.45, 2.75) is 0 Å². The number of hydrogen-bond donors (Lipinski definition) is 1. The van der Waals surface area contributed by atoms with Crippen LogP contribution in [0.1, 0.15) is 10.4 Å². The van der Waals surface area contributed by atoms with Crippen molar-refractivity contribution in [1.82, 2.24) is 9.97 Å². The van der Waals surface area contributed by atoms with Crippen LogP contribution in [-0.4, -0.2) is 15.9 Å². The molecule has 0 radical (unpaired) electrons. The summed E-state index contributed by atoms with van der Waals surface area (Å²) in [7, 11) is 0. The van der Waals surface area contributed by atoms with E-state index in [1.54, 1.807) is 0 Å². The number of benzene rings is 1. The van der Waals surface area contributed by atoms with E-state index in [-0.39, 0.29) is 16.0 Å². The van der Waals surface area contributed by atoms with Crippen LogP contribution in [0.4, 0.5) is 14.5 Å². The van der Waals surface area contributed by atoms with Crippen LogP contribution in [0.15, 0.2) is 24.5 Å². The van der Waals surface area contributed by atoms with Crippen molar-refractivity contribution in [2.24, 2.45) is 0 Å². The Morgan fingerprint density at radius 1 is 1.16 bits per heavy atom. The summed E-state index contributed by atoms with van der Waals surface area (Å²) in [5.41, 5.74) is -0.546. The van der Waals surface area contributed by atoms with Crippen molar-refractivity contribution in [3.8, 4) is 0 Å². The van der Waals surface area contributed by atoms with Crippen LogP contribution in [0, 0.1) is 11.6 Å². The minimum Gasteiger partial charge on any atom is -0.317 e. The van der Waals surface area contributed by atoms with E-state index < -0.39 is 23.1 Å². The van der Waals surface area contributed by atoms with Crippen LogP contribution in [0.25, 0.3) is 0 Å². The number of hydrogen-bond acceptors (Lipinski definition) is 3. The zero-order chi connectivity index (χ0) is 14.0. The van der Waals surface area contributed by atoms with E-state index in [9.17, 15) is 13.6 Å². The first kappa shape index (κ1) is 13.6. The van der Waals surface area contributed by atoms with Gasteiger partial charge in [-0.1, -0.05) is 29.3 Å². The lowest BCUT2D eigenvalue weighted by atomic mass is 10.2. The monoisotopic (exact) mass is 303 g/mol. The molecule has 2 aromatic rings. The topological polar surface area (TPSA) is 54.9 Å². The highest BCUT2D eigenvalue weighted by atomic mass is 35.5. The van der Waals surface area contributed by atoms with Crippen molar-refractivity contribution in [3.05, 3.63) is 52.0 Å². The summed E-state index contributed by atoms with van der Waals surface area (Å²) in [6.07, 6.45) is 1.10. The molecule has 19 heavy (non-hydrogen) atoms. The maximum absolute atomic E-state index is 13.4. The third-order valence-electron chi connectivity index (χ3n) is 2.19. The van der Waals surface area contributed by atoms with Gasteiger partial charge in [0.25, 0.3) is 5.91 Å². The fourth-order valence-corrected chi connectivity index (χ4v) is 1.72. The van der Waals surface area contributed by atoms with Crippen LogP contribution < -0.4 is 5.32 Å². The largest absolute Gasteiger partial charge is 0.317 e. The molecule has 98 valence electrons. The molecule has 0 unspecified atom stereocenters. The third-order valence-corrected chi connectivity index (χ3v) is 2.76. The average Bonchev–Trinajstić information content (AvgIpc) is 2.37. The zero-order valence-corrected chi connectivity index (χ0v) is 10.6. The first-order valence-corrected chi connectivity index (χ1v) is 5.67. The molecule has 1 N–H and O–H groups in total. The number of amides is 1. The Labute approximate surface area is 116 Å². The van der Waals surface area contributed by atoms with Crippen molar-refractivity contribution in [3.63, 3.8) is 0 Å². The number of anilines is 1. The van der Waals surface area contributed by atoms with E-state index in [0.717, 1.165) is 18.5 Å². The predicted molar refractivity (Wildman–Crippen MR) is 66.4 cm³/mol. The van der Waals surface area contributed by atoms with Gasteiger partial charge in [0.1, 0.15) is 12.0 Å².